The molecule has 18 heavy (non-hydrogen) atoms. The van der Waals surface area contributed by atoms with Gasteiger partial charge in [-0.1, -0.05) is 57.2 Å². The molecule has 0 N–H and O–H groups in total. The maximum Gasteiger partial charge on any atom is 0.214 e. The summed E-state index contributed by atoms with van der Waals surface area (Å²) >= 11 is 0. The quantitative estimate of drug-likeness (QED) is 0.747. The molecule has 2 heteroatoms. The highest BCUT2D eigenvalue weighted by atomic mass is 16.1. The van der Waals surface area contributed by atoms with Crippen LogP contribution >= 0.6 is 0 Å². The molecule has 94 valence electrons. The van der Waals surface area contributed by atoms with Gasteiger partial charge in [-0.25, -0.2) is 0 Å². The molecule has 2 aromatic carbocycles. The Kier molecular flexibility index (Phi) is 3.37. The van der Waals surface area contributed by atoms with Gasteiger partial charge in [-0.3, -0.25) is 4.79 Å². The predicted molar refractivity (Wildman–Crippen MR) is 76.8 cm³/mol. The van der Waals surface area contributed by atoms with E-state index in [2.05, 4.69) is 39.0 Å². The summed E-state index contributed by atoms with van der Waals surface area (Å²) < 4.78 is 0. The lowest BCUT2D eigenvalue weighted by molar-refractivity contribution is -0.107. The van der Waals surface area contributed by atoms with Crippen LogP contribution in [0.4, 0.5) is 5.69 Å². The van der Waals surface area contributed by atoms with Crippen LogP contribution in [0, 0.1) is 5.41 Å². The second kappa shape index (κ2) is 4.81. The molecule has 0 bridgehead atoms. The van der Waals surface area contributed by atoms with Crippen molar-refractivity contribution in [3.8, 4) is 0 Å². The topological polar surface area (TPSA) is 20.3 Å². The van der Waals surface area contributed by atoms with E-state index < -0.39 is 0 Å². The Bertz CT molecular complexity index is 549. The lowest BCUT2D eigenvalue weighted by Crippen LogP contribution is -2.31. The molecule has 0 fully saturated rings. The lowest BCUT2D eigenvalue weighted by Gasteiger charge is -2.27. The number of hydrogen-bond acceptors (Lipinski definition) is 1. The molecule has 0 unspecified atom stereocenters. The Labute approximate surface area is 108 Å². The van der Waals surface area contributed by atoms with Gasteiger partial charge in [-0.2, -0.15) is 0 Å². The van der Waals surface area contributed by atoms with Crippen LogP contribution in [0.3, 0.4) is 0 Å². The van der Waals surface area contributed by atoms with Crippen LogP contribution in [0.2, 0.25) is 0 Å². The average molecular weight is 241 g/mol. The maximum absolute atomic E-state index is 11.4. The first kappa shape index (κ1) is 12.6. The summed E-state index contributed by atoms with van der Waals surface area (Å²) in [5.41, 5.74) is 1.07. The van der Waals surface area contributed by atoms with Crippen molar-refractivity contribution < 1.29 is 4.79 Å². The summed E-state index contributed by atoms with van der Waals surface area (Å²) in [7, 11) is 0. The van der Waals surface area contributed by atoms with Crippen LogP contribution in [-0.2, 0) is 4.79 Å². The molecule has 0 saturated heterocycles. The van der Waals surface area contributed by atoms with Crippen LogP contribution < -0.4 is 4.90 Å². The summed E-state index contributed by atoms with van der Waals surface area (Å²) in [6.07, 6.45) is 0.924. The van der Waals surface area contributed by atoms with Crippen LogP contribution in [0.25, 0.3) is 10.8 Å². The maximum atomic E-state index is 11.4. The first-order valence-corrected chi connectivity index (χ1v) is 6.21. The highest BCUT2D eigenvalue weighted by Crippen LogP contribution is 2.28. The van der Waals surface area contributed by atoms with Crippen LogP contribution in [-0.4, -0.2) is 13.0 Å². The standard InChI is InChI=1S/C16H19NO/c1-16(2,3)11-17(12-18)15-10-6-8-13-7-4-5-9-14(13)15/h4-10,12H,11H2,1-3H3. The number of amides is 1. The van der Waals surface area contributed by atoms with Crippen molar-refractivity contribution >= 4 is 22.9 Å². The van der Waals surface area contributed by atoms with E-state index in [4.69, 9.17) is 0 Å². The Morgan fingerprint density at radius 2 is 1.72 bits per heavy atom. The van der Waals surface area contributed by atoms with Crippen molar-refractivity contribution in [2.45, 2.75) is 20.8 Å². The summed E-state index contributed by atoms with van der Waals surface area (Å²) in [6, 6.07) is 14.2. The zero-order valence-corrected chi connectivity index (χ0v) is 11.2. The van der Waals surface area contributed by atoms with Crippen molar-refractivity contribution in [3.63, 3.8) is 0 Å². The highest BCUT2D eigenvalue weighted by Gasteiger charge is 2.17. The number of carbonyl (C=O) groups is 1. The minimum absolute atomic E-state index is 0.0812. The monoisotopic (exact) mass is 241 g/mol. The fourth-order valence-corrected chi connectivity index (χ4v) is 2.15. The Morgan fingerprint density at radius 3 is 2.39 bits per heavy atom. The molecule has 2 aromatic rings. The number of nitrogens with zero attached hydrogens (tertiary/aromatic N) is 1. The Hall–Kier alpha value is -1.83. The van der Waals surface area contributed by atoms with Gasteiger partial charge in [0.25, 0.3) is 0 Å². The smallest absolute Gasteiger partial charge is 0.214 e. The van der Waals surface area contributed by atoms with E-state index in [1.807, 2.05) is 24.3 Å². The zero-order chi connectivity index (χ0) is 13.2. The third-order valence-electron chi connectivity index (χ3n) is 2.85. The minimum Gasteiger partial charge on any atom is -0.314 e. The Balaban J connectivity index is 2.48. The van der Waals surface area contributed by atoms with Crippen LogP contribution in [0.5, 0.6) is 0 Å². The molecule has 0 aromatic heterocycles. The van der Waals surface area contributed by atoms with Crippen molar-refractivity contribution in [2.75, 3.05) is 11.4 Å². The van der Waals surface area contributed by atoms with Gasteiger partial charge >= 0.3 is 0 Å². The van der Waals surface area contributed by atoms with E-state index >= 15 is 0 Å². The fourth-order valence-electron chi connectivity index (χ4n) is 2.15. The van der Waals surface area contributed by atoms with Gasteiger partial charge in [0.15, 0.2) is 0 Å². The van der Waals surface area contributed by atoms with E-state index in [1.54, 1.807) is 4.90 Å². The molecule has 0 atom stereocenters. The molecular weight excluding hydrogens is 222 g/mol. The zero-order valence-electron chi connectivity index (χ0n) is 11.2. The van der Waals surface area contributed by atoms with Crippen molar-refractivity contribution in [2.24, 2.45) is 5.41 Å². The lowest BCUT2D eigenvalue weighted by atomic mass is 9.95. The number of carbonyl (C=O) groups excluding carboxylic acids is 1. The van der Waals surface area contributed by atoms with E-state index in [9.17, 15) is 4.79 Å². The van der Waals surface area contributed by atoms with E-state index in [1.165, 1.54) is 0 Å². The largest absolute Gasteiger partial charge is 0.314 e. The number of rotatable bonds is 3. The third kappa shape index (κ3) is 2.70. The van der Waals surface area contributed by atoms with Gasteiger partial charge in [-0.15, -0.1) is 0 Å². The summed E-state index contributed by atoms with van der Waals surface area (Å²) in [5, 5.41) is 2.28. The summed E-state index contributed by atoms with van der Waals surface area (Å²) in [6.45, 7) is 7.11. The highest BCUT2D eigenvalue weighted by molar-refractivity contribution is 5.98. The van der Waals surface area contributed by atoms with Gasteiger partial charge in [0, 0.05) is 11.9 Å². The molecule has 0 saturated carbocycles. The average Bonchev–Trinajstić information content (AvgIpc) is 2.34. The number of anilines is 1. The van der Waals surface area contributed by atoms with E-state index in [0.717, 1.165) is 22.9 Å². The molecule has 2 rings (SSSR count). The van der Waals surface area contributed by atoms with Gasteiger partial charge in [0.05, 0.1) is 5.69 Å². The van der Waals surface area contributed by atoms with E-state index in [-0.39, 0.29) is 5.41 Å². The second-order valence-corrected chi connectivity index (χ2v) is 5.79. The number of benzene rings is 2. The van der Waals surface area contributed by atoms with Gasteiger partial charge < -0.3 is 4.90 Å². The molecule has 0 radical (unpaired) electrons. The number of fused-ring (bicyclic) bond motifs is 1. The first-order valence-electron chi connectivity index (χ1n) is 6.21. The molecule has 1 amide bonds. The minimum atomic E-state index is 0.0812. The molecule has 0 aliphatic rings. The van der Waals surface area contributed by atoms with E-state index in [0.29, 0.717) is 6.54 Å². The number of hydrogen-bond donors (Lipinski definition) is 0. The van der Waals surface area contributed by atoms with Crippen molar-refractivity contribution in [3.05, 3.63) is 42.5 Å². The molecular formula is C16H19NO. The SMILES string of the molecule is CC(C)(C)CN(C=O)c1cccc2ccccc12. The van der Waals surface area contributed by atoms with Gasteiger partial charge in [0.2, 0.25) is 6.41 Å². The van der Waals surface area contributed by atoms with Gasteiger partial charge in [-0.05, 0) is 16.9 Å². The molecule has 0 spiro atoms. The fraction of sp³-hybridized carbons (Fsp3) is 0.312. The molecule has 2 nitrogen and oxygen atoms in total. The first-order chi connectivity index (χ1) is 8.51. The molecule has 0 aliphatic heterocycles. The summed E-state index contributed by atoms with van der Waals surface area (Å²) in [4.78, 5) is 13.1. The normalized spacial score (nSPS) is 11.5. The van der Waals surface area contributed by atoms with Crippen LogP contribution in [0.1, 0.15) is 20.8 Å². The molecule has 0 aliphatic carbocycles. The van der Waals surface area contributed by atoms with Crippen molar-refractivity contribution in [1.82, 2.24) is 0 Å². The van der Waals surface area contributed by atoms with Crippen molar-refractivity contribution in [1.29, 1.82) is 0 Å². The second-order valence-electron chi connectivity index (χ2n) is 5.79. The van der Waals surface area contributed by atoms with Gasteiger partial charge in [0.1, 0.15) is 0 Å². The Morgan fingerprint density at radius 1 is 1.06 bits per heavy atom. The third-order valence-corrected chi connectivity index (χ3v) is 2.85. The summed E-state index contributed by atoms with van der Waals surface area (Å²) in [5.74, 6) is 0. The van der Waals surface area contributed by atoms with Crippen LogP contribution in [0.15, 0.2) is 42.5 Å². The predicted octanol–water partition coefficient (Wildman–Crippen LogP) is 3.85. The molecule has 0 heterocycles.